The van der Waals surface area contributed by atoms with Crippen LogP contribution in [-0.2, 0) is 16.6 Å². The van der Waals surface area contributed by atoms with Gasteiger partial charge in [0, 0.05) is 18.1 Å². The van der Waals surface area contributed by atoms with Crippen molar-refractivity contribution in [2.45, 2.75) is 11.7 Å². The van der Waals surface area contributed by atoms with E-state index < -0.39 is 10.0 Å². The maximum absolute atomic E-state index is 11.7. The van der Waals surface area contributed by atoms with Gasteiger partial charge in [-0.25, -0.2) is 13.1 Å². The third-order valence-electron chi connectivity index (χ3n) is 1.83. The number of aliphatic hydroxyl groups excluding tert-OH is 1. The van der Waals surface area contributed by atoms with E-state index in [-0.39, 0.29) is 17.5 Å². The molecule has 17 heavy (non-hydrogen) atoms. The molecule has 1 aromatic heterocycles. The van der Waals surface area contributed by atoms with Crippen molar-refractivity contribution >= 4 is 21.8 Å². The van der Waals surface area contributed by atoms with Crippen LogP contribution in [0.1, 0.15) is 5.76 Å². The number of sulfonamides is 1. The molecule has 0 saturated heterocycles. The number of hydrogen-bond acceptors (Lipinski definition) is 5. The van der Waals surface area contributed by atoms with E-state index in [4.69, 9.17) is 9.52 Å². The highest BCUT2D eigenvalue weighted by Gasteiger charge is 2.17. The molecule has 0 saturated carbocycles. The lowest BCUT2D eigenvalue weighted by Gasteiger charge is -2.03. The molecule has 1 heterocycles. The van der Waals surface area contributed by atoms with Gasteiger partial charge < -0.3 is 9.52 Å². The van der Waals surface area contributed by atoms with Crippen molar-refractivity contribution in [3.8, 4) is 0 Å². The average Bonchev–Trinajstić information content (AvgIpc) is 2.78. The molecule has 0 aliphatic heterocycles. The molecule has 2 N–H and O–H groups in total. The van der Waals surface area contributed by atoms with Gasteiger partial charge in [0.1, 0.15) is 12.4 Å². The average molecular weight is 277 g/mol. The Balaban J connectivity index is 2.48. The maximum Gasteiger partial charge on any atom is 0.273 e. The third kappa shape index (κ3) is 4.55. The third-order valence-corrected chi connectivity index (χ3v) is 4.13. The molecule has 0 spiro atoms. The summed E-state index contributed by atoms with van der Waals surface area (Å²) >= 11 is 1.58. The Morgan fingerprint density at radius 2 is 2.29 bits per heavy atom. The van der Waals surface area contributed by atoms with Gasteiger partial charge in [0.25, 0.3) is 10.0 Å². The number of rotatable bonds is 8. The summed E-state index contributed by atoms with van der Waals surface area (Å²) < 4.78 is 30.7. The van der Waals surface area contributed by atoms with Crippen molar-refractivity contribution < 1.29 is 17.9 Å². The number of aliphatic hydroxyl groups is 1. The van der Waals surface area contributed by atoms with Crippen LogP contribution < -0.4 is 4.72 Å². The Bertz CT molecular complexity index is 453. The summed E-state index contributed by atoms with van der Waals surface area (Å²) in [4.78, 5) is 0. The van der Waals surface area contributed by atoms with Gasteiger partial charge >= 0.3 is 0 Å². The van der Waals surface area contributed by atoms with Crippen LogP contribution in [0.15, 0.2) is 34.3 Å². The topological polar surface area (TPSA) is 79.5 Å². The number of furan rings is 1. The van der Waals surface area contributed by atoms with Crippen molar-refractivity contribution in [2.75, 3.05) is 18.1 Å². The highest BCUT2D eigenvalue weighted by Crippen LogP contribution is 2.13. The smallest absolute Gasteiger partial charge is 0.273 e. The molecule has 96 valence electrons. The summed E-state index contributed by atoms with van der Waals surface area (Å²) in [5, 5.41) is 8.60. The quantitative estimate of drug-likeness (QED) is 0.547. The van der Waals surface area contributed by atoms with Gasteiger partial charge in [-0.05, 0) is 12.1 Å². The second-order valence-electron chi connectivity index (χ2n) is 3.14. The molecule has 0 atom stereocenters. The molecule has 5 nitrogen and oxygen atoms in total. The van der Waals surface area contributed by atoms with E-state index in [1.54, 1.807) is 17.8 Å². The normalized spacial score (nSPS) is 11.6. The predicted octanol–water partition coefficient (Wildman–Crippen LogP) is 0.969. The van der Waals surface area contributed by atoms with Crippen LogP contribution in [0, 0.1) is 0 Å². The first kappa shape index (κ1) is 14.3. The summed E-state index contributed by atoms with van der Waals surface area (Å²) in [7, 11) is -3.60. The van der Waals surface area contributed by atoms with Crippen molar-refractivity contribution in [1.82, 2.24) is 4.72 Å². The molecular formula is C10H15NO4S2. The minimum Gasteiger partial charge on any atom is -0.446 e. The first-order chi connectivity index (χ1) is 8.10. The molecule has 0 bridgehead atoms. The fraction of sp³-hybridized carbons (Fsp3) is 0.400. The van der Waals surface area contributed by atoms with Gasteiger partial charge in [-0.1, -0.05) is 6.08 Å². The second-order valence-corrected chi connectivity index (χ2v) is 5.99. The van der Waals surface area contributed by atoms with Crippen molar-refractivity contribution in [1.29, 1.82) is 0 Å². The van der Waals surface area contributed by atoms with Crippen LogP contribution in [0.5, 0.6) is 0 Å². The van der Waals surface area contributed by atoms with E-state index in [1.165, 1.54) is 12.1 Å². The number of hydrogen-bond donors (Lipinski definition) is 2. The molecule has 0 aromatic carbocycles. The fourth-order valence-electron chi connectivity index (χ4n) is 1.07. The molecule has 1 rings (SSSR count). The zero-order chi connectivity index (χ0) is 12.7. The molecule has 1 aromatic rings. The minimum atomic E-state index is -3.60. The summed E-state index contributed by atoms with van der Waals surface area (Å²) in [6.07, 6.45) is 1.76. The van der Waals surface area contributed by atoms with E-state index in [0.717, 1.165) is 5.75 Å². The molecule has 0 aliphatic rings. The van der Waals surface area contributed by atoms with E-state index in [9.17, 15) is 8.42 Å². The molecule has 0 radical (unpaired) electrons. The molecule has 0 amide bonds. The van der Waals surface area contributed by atoms with Crippen LogP contribution >= 0.6 is 11.8 Å². The number of thioether (sulfide) groups is 1. The summed E-state index contributed by atoms with van der Waals surface area (Å²) in [5.41, 5.74) is 0. The van der Waals surface area contributed by atoms with Crippen LogP contribution in [-0.4, -0.2) is 31.6 Å². The molecule has 0 fully saturated rings. The molecule has 0 aliphatic carbocycles. The summed E-state index contributed by atoms with van der Waals surface area (Å²) in [5.74, 6) is 1.68. The van der Waals surface area contributed by atoms with Crippen LogP contribution in [0.2, 0.25) is 0 Å². The Labute approximate surface area is 105 Å². The van der Waals surface area contributed by atoms with Gasteiger partial charge in [-0.15, -0.1) is 6.58 Å². The first-order valence-corrected chi connectivity index (χ1v) is 7.62. The molecule has 7 heteroatoms. The highest BCUT2D eigenvalue weighted by molar-refractivity contribution is 7.99. The number of nitrogens with one attached hydrogen (secondary N) is 1. The SMILES string of the molecule is C=CCSCCNS(=O)(=O)c1ccc(CO)o1. The second kappa shape index (κ2) is 6.85. The minimum absolute atomic E-state index is 0.171. The Morgan fingerprint density at radius 3 is 2.88 bits per heavy atom. The lowest BCUT2D eigenvalue weighted by Crippen LogP contribution is -2.25. The van der Waals surface area contributed by atoms with Crippen molar-refractivity contribution in [3.63, 3.8) is 0 Å². The van der Waals surface area contributed by atoms with Crippen LogP contribution in [0.3, 0.4) is 0 Å². The summed E-state index contributed by atoms with van der Waals surface area (Å²) in [6.45, 7) is 3.58. The maximum atomic E-state index is 11.7. The van der Waals surface area contributed by atoms with Gasteiger partial charge in [0.2, 0.25) is 5.09 Å². The van der Waals surface area contributed by atoms with Crippen LogP contribution in [0.4, 0.5) is 0 Å². The Kier molecular flexibility index (Phi) is 5.76. The fourth-order valence-corrected chi connectivity index (χ4v) is 2.76. The molecule has 0 unspecified atom stereocenters. The van der Waals surface area contributed by atoms with E-state index in [2.05, 4.69) is 11.3 Å². The van der Waals surface area contributed by atoms with E-state index in [1.807, 2.05) is 0 Å². The summed E-state index contributed by atoms with van der Waals surface area (Å²) in [6, 6.07) is 2.76. The van der Waals surface area contributed by atoms with Gasteiger partial charge in [-0.2, -0.15) is 11.8 Å². The zero-order valence-corrected chi connectivity index (χ0v) is 10.9. The Hall–Kier alpha value is -0.760. The zero-order valence-electron chi connectivity index (χ0n) is 9.26. The van der Waals surface area contributed by atoms with Gasteiger partial charge in [0.05, 0.1) is 0 Å². The van der Waals surface area contributed by atoms with Crippen molar-refractivity contribution in [3.05, 3.63) is 30.5 Å². The van der Waals surface area contributed by atoms with Crippen LogP contribution in [0.25, 0.3) is 0 Å². The van der Waals surface area contributed by atoms with E-state index >= 15 is 0 Å². The first-order valence-electron chi connectivity index (χ1n) is 4.98. The van der Waals surface area contributed by atoms with Crippen molar-refractivity contribution in [2.24, 2.45) is 0 Å². The lowest BCUT2D eigenvalue weighted by molar-refractivity contribution is 0.236. The van der Waals surface area contributed by atoms with E-state index in [0.29, 0.717) is 12.3 Å². The largest absolute Gasteiger partial charge is 0.446 e. The predicted molar refractivity (Wildman–Crippen MR) is 67.3 cm³/mol. The highest BCUT2D eigenvalue weighted by atomic mass is 32.2. The Morgan fingerprint density at radius 1 is 1.53 bits per heavy atom. The standard InChI is InChI=1S/C10H15NO4S2/c1-2-6-16-7-5-11-17(13,14)10-4-3-9(8-12)15-10/h2-4,11-12H,1,5-8H2. The van der Waals surface area contributed by atoms with Gasteiger partial charge in [0.15, 0.2) is 0 Å². The lowest BCUT2D eigenvalue weighted by atomic mass is 10.5. The van der Waals surface area contributed by atoms with Gasteiger partial charge in [-0.3, -0.25) is 0 Å². The monoisotopic (exact) mass is 277 g/mol. The molecular weight excluding hydrogens is 262 g/mol.